The van der Waals surface area contributed by atoms with Gasteiger partial charge < -0.3 is 9.64 Å². The number of imide groups is 1. The predicted molar refractivity (Wildman–Crippen MR) is 105 cm³/mol. The Bertz CT molecular complexity index is 738. The lowest BCUT2D eigenvalue weighted by Crippen LogP contribution is -2.53. The standard InChI is InChI=1S/C20H28N4O4/c1-15-17(25)23(18(26)24(15)16-8-6-5-7-9-16)14-21-10-12-22(13-11-21)19(27)28-20(2,3)4/h5-9,15H,10-14H2,1-4H3/t15-/m0/s1. The lowest BCUT2D eigenvalue weighted by molar-refractivity contribution is -0.128. The number of hydrogen-bond acceptors (Lipinski definition) is 5. The Morgan fingerprint density at radius 2 is 1.68 bits per heavy atom. The minimum Gasteiger partial charge on any atom is -0.444 e. The van der Waals surface area contributed by atoms with Crippen molar-refractivity contribution in [3.8, 4) is 0 Å². The van der Waals surface area contributed by atoms with Crippen molar-refractivity contribution in [1.29, 1.82) is 0 Å². The zero-order valence-corrected chi connectivity index (χ0v) is 16.9. The van der Waals surface area contributed by atoms with Gasteiger partial charge in [-0.05, 0) is 39.8 Å². The number of ether oxygens (including phenoxy) is 1. The van der Waals surface area contributed by atoms with Gasteiger partial charge in [0.1, 0.15) is 11.6 Å². The first-order valence-electron chi connectivity index (χ1n) is 9.57. The maximum atomic E-state index is 12.8. The molecule has 3 rings (SSSR count). The summed E-state index contributed by atoms with van der Waals surface area (Å²) < 4.78 is 5.40. The quantitative estimate of drug-likeness (QED) is 0.743. The molecule has 0 unspecified atom stereocenters. The van der Waals surface area contributed by atoms with E-state index in [0.29, 0.717) is 31.9 Å². The Balaban J connectivity index is 1.58. The molecule has 0 saturated carbocycles. The smallest absolute Gasteiger partial charge is 0.410 e. The minimum absolute atomic E-state index is 0.205. The molecule has 4 amide bonds. The van der Waals surface area contributed by atoms with E-state index in [4.69, 9.17) is 4.74 Å². The second-order valence-corrected chi connectivity index (χ2v) is 8.16. The zero-order chi connectivity index (χ0) is 20.5. The van der Waals surface area contributed by atoms with E-state index in [9.17, 15) is 14.4 Å². The summed E-state index contributed by atoms with van der Waals surface area (Å²) in [7, 11) is 0. The fraction of sp³-hybridized carbons (Fsp3) is 0.550. The summed E-state index contributed by atoms with van der Waals surface area (Å²) in [5, 5.41) is 0. The predicted octanol–water partition coefficient (Wildman–Crippen LogP) is 2.35. The Kier molecular flexibility index (Phi) is 5.60. The van der Waals surface area contributed by atoms with Gasteiger partial charge in [0.05, 0.1) is 6.67 Å². The molecule has 0 N–H and O–H groups in total. The maximum absolute atomic E-state index is 12.8. The van der Waals surface area contributed by atoms with Gasteiger partial charge in [-0.25, -0.2) is 14.5 Å². The summed E-state index contributed by atoms with van der Waals surface area (Å²) in [5.74, 6) is -0.205. The van der Waals surface area contributed by atoms with Crippen molar-refractivity contribution < 1.29 is 19.1 Å². The molecule has 1 aromatic carbocycles. The maximum Gasteiger partial charge on any atom is 0.410 e. The summed E-state index contributed by atoms with van der Waals surface area (Å²) >= 11 is 0. The average Bonchev–Trinajstić information content (AvgIpc) is 2.85. The number of benzene rings is 1. The van der Waals surface area contributed by atoms with Gasteiger partial charge >= 0.3 is 12.1 Å². The monoisotopic (exact) mass is 388 g/mol. The van der Waals surface area contributed by atoms with Crippen LogP contribution < -0.4 is 4.90 Å². The number of amides is 4. The molecule has 28 heavy (non-hydrogen) atoms. The SMILES string of the molecule is C[C@H]1C(=O)N(CN2CCN(C(=O)OC(C)(C)C)CC2)C(=O)N1c1ccccc1. The van der Waals surface area contributed by atoms with E-state index in [1.807, 2.05) is 56.0 Å². The number of urea groups is 1. The van der Waals surface area contributed by atoms with Gasteiger partial charge in [0, 0.05) is 31.9 Å². The van der Waals surface area contributed by atoms with Crippen LogP contribution in [0, 0.1) is 0 Å². The molecule has 1 atom stereocenters. The number of carbonyl (C=O) groups excluding carboxylic acids is 3. The molecule has 2 aliphatic rings. The zero-order valence-electron chi connectivity index (χ0n) is 16.9. The molecule has 0 spiro atoms. The Labute approximate surface area is 165 Å². The van der Waals surface area contributed by atoms with Crippen LogP contribution in [-0.2, 0) is 9.53 Å². The van der Waals surface area contributed by atoms with Crippen LogP contribution in [0.25, 0.3) is 0 Å². The lowest BCUT2D eigenvalue weighted by atomic mass is 10.2. The highest BCUT2D eigenvalue weighted by Gasteiger charge is 2.44. The average molecular weight is 388 g/mol. The number of anilines is 1. The largest absolute Gasteiger partial charge is 0.444 e. The number of carbonyl (C=O) groups is 3. The van der Waals surface area contributed by atoms with Gasteiger partial charge in [-0.1, -0.05) is 18.2 Å². The van der Waals surface area contributed by atoms with E-state index in [0.717, 1.165) is 0 Å². The summed E-state index contributed by atoms with van der Waals surface area (Å²) in [6, 6.07) is 8.38. The first-order chi connectivity index (χ1) is 13.2. The fourth-order valence-electron chi connectivity index (χ4n) is 3.38. The van der Waals surface area contributed by atoms with Gasteiger partial charge in [-0.2, -0.15) is 0 Å². The fourth-order valence-corrected chi connectivity index (χ4v) is 3.38. The normalized spacial score (nSPS) is 21.4. The van der Waals surface area contributed by atoms with Crippen LogP contribution in [0.3, 0.4) is 0 Å². The molecule has 152 valence electrons. The Morgan fingerprint density at radius 1 is 1.07 bits per heavy atom. The highest BCUT2D eigenvalue weighted by Crippen LogP contribution is 2.25. The lowest BCUT2D eigenvalue weighted by Gasteiger charge is -2.36. The molecule has 0 bridgehead atoms. The van der Waals surface area contributed by atoms with E-state index in [1.165, 1.54) is 9.80 Å². The van der Waals surface area contributed by atoms with Crippen molar-refractivity contribution >= 4 is 23.7 Å². The third kappa shape index (κ3) is 4.27. The molecule has 8 nitrogen and oxygen atoms in total. The van der Waals surface area contributed by atoms with Crippen LogP contribution in [0.1, 0.15) is 27.7 Å². The molecule has 2 saturated heterocycles. The first kappa shape index (κ1) is 20.1. The van der Waals surface area contributed by atoms with Crippen molar-refractivity contribution in [2.24, 2.45) is 0 Å². The van der Waals surface area contributed by atoms with Crippen molar-refractivity contribution in [3.05, 3.63) is 30.3 Å². The molecule has 8 heteroatoms. The van der Waals surface area contributed by atoms with Crippen LogP contribution in [0.4, 0.5) is 15.3 Å². The highest BCUT2D eigenvalue weighted by molar-refractivity contribution is 6.14. The van der Waals surface area contributed by atoms with E-state index in [1.54, 1.807) is 11.8 Å². The van der Waals surface area contributed by atoms with Crippen LogP contribution in [0.15, 0.2) is 30.3 Å². The summed E-state index contributed by atoms with van der Waals surface area (Å²) in [5.41, 5.74) is 0.185. The first-order valence-corrected chi connectivity index (χ1v) is 9.57. The van der Waals surface area contributed by atoms with Crippen molar-refractivity contribution in [3.63, 3.8) is 0 Å². The van der Waals surface area contributed by atoms with Crippen LogP contribution in [-0.4, -0.2) is 77.2 Å². The van der Waals surface area contributed by atoms with Gasteiger partial charge in [-0.15, -0.1) is 0 Å². The second kappa shape index (κ2) is 7.79. The van der Waals surface area contributed by atoms with Gasteiger partial charge in [0.15, 0.2) is 0 Å². The van der Waals surface area contributed by atoms with E-state index in [2.05, 4.69) is 0 Å². The molecule has 2 aliphatic heterocycles. The number of rotatable bonds is 3. The van der Waals surface area contributed by atoms with Crippen molar-refractivity contribution in [2.75, 3.05) is 37.7 Å². The van der Waals surface area contributed by atoms with Gasteiger partial charge in [-0.3, -0.25) is 14.6 Å². The number of piperazine rings is 1. The van der Waals surface area contributed by atoms with E-state index >= 15 is 0 Å². The van der Waals surface area contributed by atoms with Crippen molar-refractivity contribution in [1.82, 2.24) is 14.7 Å². The molecular weight excluding hydrogens is 360 g/mol. The molecule has 2 fully saturated rings. The van der Waals surface area contributed by atoms with Crippen molar-refractivity contribution in [2.45, 2.75) is 39.3 Å². The highest BCUT2D eigenvalue weighted by atomic mass is 16.6. The number of para-hydroxylation sites is 1. The molecule has 1 aromatic rings. The summed E-state index contributed by atoms with van der Waals surface area (Å²) in [6.45, 7) is 9.65. The third-order valence-electron chi connectivity index (χ3n) is 4.85. The number of hydrogen-bond donors (Lipinski definition) is 0. The molecular formula is C20H28N4O4. The van der Waals surface area contributed by atoms with Crippen LogP contribution in [0.2, 0.25) is 0 Å². The molecule has 0 radical (unpaired) electrons. The number of nitrogens with zero attached hydrogens (tertiary/aromatic N) is 4. The van der Waals surface area contributed by atoms with E-state index in [-0.39, 0.29) is 24.7 Å². The molecule has 0 aromatic heterocycles. The Hall–Kier alpha value is -2.61. The Morgan fingerprint density at radius 3 is 2.25 bits per heavy atom. The minimum atomic E-state index is -0.530. The van der Waals surface area contributed by atoms with Crippen LogP contribution >= 0.6 is 0 Å². The molecule has 2 heterocycles. The summed E-state index contributed by atoms with van der Waals surface area (Å²) in [4.78, 5) is 44.2. The third-order valence-corrected chi connectivity index (χ3v) is 4.85. The van der Waals surface area contributed by atoms with Gasteiger partial charge in [0.2, 0.25) is 0 Å². The van der Waals surface area contributed by atoms with E-state index < -0.39 is 11.6 Å². The topological polar surface area (TPSA) is 73.4 Å². The summed E-state index contributed by atoms with van der Waals surface area (Å²) in [6.07, 6.45) is -0.329. The molecule has 0 aliphatic carbocycles. The van der Waals surface area contributed by atoms with Crippen LogP contribution in [0.5, 0.6) is 0 Å². The second-order valence-electron chi connectivity index (χ2n) is 8.16. The van der Waals surface area contributed by atoms with Gasteiger partial charge in [0.25, 0.3) is 5.91 Å².